The minimum atomic E-state index is -4.06. The normalized spacial score (nSPS) is 10.9. The first-order valence-electron chi connectivity index (χ1n) is 7.88. The van der Waals surface area contributed by atoms with Crippen molar-refractivity contribution in [2.24, 2.45) is 0 Å². The Labute approximate surface area is 168 Å². The summed E-state index contributed by atoms with van der Waals surface area (Å²) in [6.07, 6.45) is 0. The third-order valence-corrected chi connectivity index (χ3v) is 6.09. The van der Waals surface area contributed by atoms with Gasteiger partial charge in [0.05, 0.1) is 49.6 Å². The second-order valence-corrected chi connectivity index (χ2v) is 7.86. The fraction of sp³-hybridized carbons (Fsp3) is 0.278. The molecule has 0 bridgehead atoms. The molecule has 0 fully saturated rings. The summed E-state index contributed by atoms with van der Waals surface area (Å²) in [7, 11) is 2.67. The van der Waals surface area contributed by atoms with Gasteiger partial charge in [0.2, 0.25) is 0 Å². The van der Waals surface area contributed by atoms with E-state index in [2.05, 4.69) is 0 Å². The summed E-state index contributed by atoms with van der Waals surface area (Å²) in [5, 5.41) is 0.137. The average Bonchev–Trinajstić information content (AvgIpc) is 2.71. The van der Waals surface area contributed by atoms with Gasteiger partial charge in [-0.15, -0.1) is 0 Å². The van der Waals surface area contributed by atoms with Gasteiger partial charge in [-0.1, -0.05) is 11.6 Å². The summed E-state index contributed by atoms with van der Waals surface area (Å²) in [6, 6.07) is 6.81. The first-order chi connectivity index (χ1) is 13.2. The Morgan fingerprint density at radius 1 is 0.929 bits per heavy atom. The van der Waals surface area contributed by atoms with Crippen molar-refractivity contribution in [2.45, 2.75) is 4.90 Å². The van der Waals surface area contributed by atoms with Crippen molar-refractivity contribution in [3.05, 3.63) is 40.9 Å². The zero-order valence-corrected chi connectivity index (χ0v) is 17.6. The maximum atomic E-state index is 13.1. The number of carbonyl (C=O) groups is 1. The summed E-state index contributed by atoms with van der Waals surface area (Å²) in [4.78, 5) is 12.2. The van der Waals surface area contributed by atoms with Crippen molar-refractivity contribution < 1.29 is 32.2 Å². The van der Waals surface area contributed by atoms with Crippen molar-refractivity contribution in [3.8, 4) is 17.2 Å². The Kier molecular flexibility index (Phi) is 6.63. The summed E-state index contributed by atoms with van der Waals surface area (Å²) in [5.74, 6) is 0.111. The van der Waals surface area contributed by atoms with Crippen LogP contribution in [0.4, 0.5) is 5.69 Å². The quantitative estimate of drug-likeness (QED) is 0.625. The van der Waals surface area contributed by atoms with Gasteiger partial charge in [-0.05, 0) is 18.2 Å². The third-order valence-electron chi connectivity index (χ3n) is 4.03. The molecule has 152 valence electrons. The predicted octanol–water partition coefficient (Wildman–Crippen LogP) is 2.98. The Bertz CT molecular complexity index is 992. The van der Waals surface area contributed by atoms with Crippen LogP contribution in [-0.4, -0.2) is 49.9 Å². The lowest BCUT2D eigenvalue weighted by atomic mass is 10.1. The van der Waals surface area contributed by atoms with Gasteiger partial charge in [0.15, 0.2) is 11.5 Å². The molecule has 2 rings (SSSR count). The highest BCUT2D eigenvalue weighted by atomic mass is 35.5. The van der Waals surface area contributed by atoms with Crippen LogP contribution in [0.1, 0.15) is 10.4 Å². The molecule has 0 saturated carbocycles. The van der Waals surface area contributed by atoms with Crippen LogP contribution in [0.25, 0.3) is 0 Å². The van der Waals surface area contributed by atoms with Crippen molar-refractivity contribution >= 4 is 33.3 Å². The number of esters is 1. The molecular formula is C18H20ClNO7S. The van der Waals surface area contributed by atoms with Gasteiger partial charge in [0, 0.05) is 19.2 Å². The van der Waals surface area contributed by atoms with E-state index in [0.29, 0.717) is 5.75 Å². The number of methoxy groups -OCH3 is 4. The molecule has 0 saturated heterocycles. The number of rotatable bonds is 7. The summed E-state index contributed by atoms with van der Waals surface area (Å²) in [6.45, 7) is 0. The molecule has 8 nitrogen and oxygen atoms in total. The highest BCUT2D eigenvalue weighted by molar-refractivity contribution is 7.92. The third kappa shape index (κ3) is 3.95. The smallest absolute Gasteiger partial charge is 0.340 e. The van der Waals surface area contributed by atoms with Crippen LogP contribution < -0.4 is 18.5 Å². The fourth-order valence-electron chi connectivity index (χ4n) is 2.50. The van der Waals surface area contributed by atoms with E-state index in [9.17, 15) is 13.2 Å². The van der Waals surface area contributed by atoms with Crippen LogP contribution in [0.15, 0.2) is 35.2 Å². The summed E-state index contributed by atoms with van der Waals surface area (Å²) < 4.78 is 47.4. The van der Waals surface area contributed by atoms with E-state index in [1.165, 1.54) is 65.8 Å². The molecule has 0 amide bonds. The second kappa shape index (κ2) is 8.57. The molecule has 0 aliphatic carbocycles. The van der Waals surface area contributed by atoms with Gasteiger partial charge >= 0.3 is 5.97 Å². The summed E-state index contributed by atoms with van der Waals surface area (Å²) in [5.41, 5.74) is 0.0438. The first kappa shape index (κ1) is 21.6. The number of anilines is 1. The molecule has 10 heteroatoms. The van der Waals surface area contributed by atoms with E-state index in [-0.39, 0.29) is 32.7 Å². The van der Waals surface area contributed by atoms with Crippen LogP contribution in [-0.2, 0) is 14.8 Å². The maximum Gasteiger partial charge on any atom is 0.340 e. The highest BCUT2D eigenvalue weighted by Crippen LogP contribution is 2.37. The van der Waals surface area contributed by atoms with Crippen LogP contribution in [0.2, 0.25) is 5.02 Å². The second-order valence-electron chi connectivity index (χ2n) is 5.48. The molecule has 0 aliphatic heterocycles. The first-order valence-corrected chi connectivity index (χ1v) is 9.69. The van der Waals surface area contributed by atoms with Crippen molar-refractivity contribution in [2.75, 3.05) is 39.8 Å². The van der Waals surface area contributed by atoms with Crippen LogP contribution in [0.5, 0.6) is 17.2 Å². The van der Waals surface area contributed by atoms with E-state index >= 15 is 0 Å². The van der Waals surface area contributed by atoms with Crippen molar-refractivity contribution in [1.82, 2.24) is 0 Å². The number of nitrogens with zero attached hydrogens (tertiary/aromatic N) is 1. The predicted molar refractivity (Wildman–Crippen MR) is 104 cm³/mol. The number of benzene rings is 2. The topological polar surface area (TPSA) is 91.4 Å². The molecule has 2 aromatic carbocycles. The number of sulfonamides is 1. The van der Waals surface area contributed by atoms with Crippen LogP contribution in [0, 0.1) is 0 Å². The Morgan fingerprint density at radius 2 is 1.50 bits per heavy atom. The van der Waals surface area contributed by atoms with Crippen LogP contribution in [0.3, 0.4) is 0 Å². The molecule has 0 aliphatic rings. The molecule has 0 spiro atoms. The zero-order chi connectivity index (χ0) is 21.1. The molecule has 0 radical (unpaired) electrons. The largest absolute Gasteiger partial charge is 0.495 e. The Morgan fingerprint density at radius 3 is 2.00 bits per heavy atom. The lowest BCUT2D eigenvalue weighted by Crippen LogP contribution is -2.28. The highest BCUT2D eigenvalue weighted by Gasteiger charge is 2.28. The van der Waals surface area contributed by atoms with E-state index in [0.717, 1.165) is 4.31 Å². The van der Waals surface area contributed by atoms with Gasteiger partial charge in [0.25, 0.3) is 10.0 Å². The fourth-order valence-corrected chi connectivity index (χ4v) is 4.05. The lowest BCUT2D eigenvalue weighted by Gasteiger charge is -2.23. The molecule has 0 aromatic heterocycles. The van der Waals surface area contributed by atoms with E-state index in [4.69, 9.17) is 30.5 Å². The van der Waals surface area contributed by atoms with Crippen molar-refractivity contribution in [3.63, 3.8) is 0 Å². The van der Waals surface area contributed by atoms with Crippen molar-refractivity contribution in [1.29, 1.82) is 0 Å². The molecule has 0 heterocycles. The SMILES string of the molecule is COC(=O)c1cc(OC)c(OC)cc1N(C)S(=O)(=O)c1ccc(OC)c(Cl)c1. The van der Waals surface area contributed by atoms with Gasteiger partial charge in [-0.2, -0.15) is 0 Å². The van der Waals surface area contributed by atoms with Gasteiger partial charge in [-0.3, -0.25) is 4.31 Å². The average molecular weight is 430 g/mol. The zero-order valence-electron chi connectivity index (χ0n) is 16.0. The van der Waals surface area contributed by atoms with Gasteiger partial charge < -0.3 is 18.9 Å². The number of halogens is 1. The minimum absolute atomic E-state index is 0.00849. The molecule has 0 N–H and O–H groups in total. The number of hydrogen-bond donors (Lipinski definition) is 0. The summed E-state index contributed by atoms with van der Waals surface area (Å²) >= 11 is 6.06. The van der Waals surface area contributed by atoms with Gasteiger partial charge in [-0.25, -0.2) is 13.2 Å². The standard InChI is InChI=1S/C18H20ClNO7S/c1-20(28(22,23)11-6-7-15(24-2)13(19)8-11)14-10-17(26-4)16(25-3)9-12(14)18(21)27-5/h6-10H,1-5H3. The molecule has 2 aromatic rings. The maximum absolute atomic E-state index is 13.1. The number of ether oxygens (including phenoxy) is 4. The molecule has 0 unspecified atom stereocenters. The van der Waals surface area contributed by atoms with E-state index in [1.807, 2.05) is 0 Å². The monoisotopic (exact) mass is 429 g/mol. The Balaban J connectivity index is 2.65. The minimum Gasteiger partial charge on any atom is -0.495 e. The van der Waals surface area contributed by atoms with Crippen LogP contribution >= 0.6 is 11.6 Å². The Hall–Kier alpha value is -2.65. The molecular weight excluding hydrogens is 410 g/mol. The van der Waals surface area contributed by atoms with E-state index < -0.39 is 16.0 Å². The number of carbonyl (C=O) groups excluding carboxylic acids is 1. The molecule has 0 atom stereocenters. The van der Waals surface area contributed by atoms with E-state index in [1.54, 1.807) is 0 Å². The number of hydrogen-bond acceptors (Lipinski definition) is 7. The van der Waals surface area contributed by atoms with Gasteiger partial charge in [0.1, 0.15) is 5.75 Å². The molecule has 28 heavy (non-hydrogen) atoms. The lowest BCUT2D eigenvalue weighted by molar-refractivity contribution is 0.0601.